The van der Waals surface area contributed by atoms with Gasteiger partial charge < -0.3 is 24.1 Å². The average molecular weight is 511 g/mol. The maximum Gasteiger partial charge on any atom is 0.337 e. The molecule has 5 rings (SSSR count). The van der Waals surface area contributed by atoms with E-state index in [1.807, 2.05) is 35.7 Å². The smallest absolute Gasteiger partial charge is 0.337 e. The fourth-order valence-electron chi connectivity index (χ4n) is 4.23. The number of methoxy groups -OCH3 is 3. The molecular weight excluding hydrogens is 488 g/mol. The van der Waals surface area contributed by atoms with E-state index in [0.717, 1.165) is 33.2 Å². The van der Waals surface area contributed by atoms with Crippen LogP contribution in [0.25, 0.3) is 11.0 Å². The lowest BCUT2D eigenvalue weighted by Gasteiger charge is -2.27. The minimum Gasteiger partial charge on any atom is -0.493 e. The normalized spacial score (nSPS) is 17.7. The molecule has 2 aromatic carbocycles. The van der Waals surface area contributed by atoms with Gasteiger partial charge in [-0.25, -0.2) is 4.79 Å². The Bertz CT molecular complexity index is 1400. The third kappa shape index (κ3) is 4.13. The second-order valence-corrected chi connectivity index (χ2v) is 9.49. The predicted molar refractivity (Wildman–Crippen MR) is 132 cm³/mol. The van der Waals surface area contributed by atoms with Gasteiger partial charge in [-0.2, -0.15) is 8.75 Å². The molecule has 180 valence electrons. The number of thiophene rings is 1. The Hall–Kier alpha value is -3.47. The van der Waals surface area contributed by atoms with Crippen molar-refractivity contribution in [1.82, 2.24) is 8.75 Å². The summed E-state index contributed by atoms with van der Waals surface area (Å²) < 4.78 is 30.6. The number of hydrogen-bond donors (Lipinski definition) is 1. The number of carbonyl (C=O) groups excluding carboxylic acids is 1. The van der Waals surface area contributed by atoms with Gasteiger partial charge in [0.15, 0.2) is 11.5 Å². The molecular formula is C25H22N2O6S2. The number of nitrogens with zero attached hydrogens (tertiary/aromatic N) is 2. The fourth-order valence-corrected chi connectivity index (χ4v) is 5.46. The van der Waals surface area contributed by atoms with Crippen LogP contribution in [0, 0.1) is 0 Å². The Labute approximate surface area is 209 Å². The number of ether oxygens (including phenoxy) is 4. The SMILES string of the molecule is COc1cc(C2(O)OC(=O)C(Cc3cccs3)=C2Cc2ccc3nsnc3c2)cc(OC)c1OC. The molecule has 0 radical (unpaired) electrons. The maximum absolute atomic E-state index is 13.1. The van der Waals surface area contributed by atoms with E-state index in [4.69, 9.17) is 18.9 Å². The van der Waals surface area contributed by atoms with Crippen molar-refractivity contribution in [2.24, 2.45) is 0 Å². The number of rotatable bonds is 8. The van der Waals surface area contributed by atoms with E-state index < -0.39 is 11.8 Å². The Morgan fingerprint density at radius 1 is 0.971 bits per heavy atom. The predicted octanol–water partition coefficient (Wildman–Crippen LogP) is 4.26. The molecule has 4 aromatic rings. The van der Waals surface area contributed by atoms with Gasteiger partial charge in [0, 0.05) is 34.4 Å². The van der Waals surface area contributed by atoms with Crippen LogP contribution in [-0.2, 0) is 28.2 Å². The standard InChI is InChI=1S/C25H22N2O6S2/c1-30-21-11-15(12-22(31-2)23(21)32-3)25(29)18(9-14-6-7-19-20(10-14)27-35-26-19)17(24(28)33-25)13-16-5-4-8-34-16/h4-8,10-12,29H,9,13H2,1-3H3. The summed E-state index contributed by atoms with van der Waals surface area (Å²) in [5.74, 6) is -1.54. The van der Waals surface area contributed by atoms with Crippen LogP contribution in [0.2, 0.25) is 0 Å². The lowest BCUT2D eigenvalue weighted by molar-refractivity contribution is -0.186. The number of hydrogen-bond acceptors (Lipinski definition) is 10. The number of cyclic esters (lactones) is 1. The van der Waals surface area contributed by atoms with Gasteiger partial charge in [-0.05, 0) is 41.3 Å². The van der Waals surface area contributed by atoms with Gasteiger partial charge in [0.2, 0.25) is 5.75 Å². The highest BCUT2D eigenvalue weighted by Crippen LogP contribution is 2.47. The minimum atomic E-state index is -2.02. The van der Waals surface area contributed by atoms with E-state index in [1.54, 1.807) is 12.1 Å². The Balaban J connectivity index is 1.66. The highest BCUT2D eigenvalue weighted by Gasteiger charge is 2.48. The summed E-state index contributed by atoms with van der Waals surface area (Å²) in [7, 11) is 4.47. The number of aliphatic hydroxyl groups is 1. The van der Waals surface area contributed by atoms with Crippen molar-refractivity contribution in [2.45, 2.75) is 18.6 Å². The van der Waals surface area contributed by atoms with Gasteiger partial charge in [0.05, 0.1) is 33.1 Å². The van der Waals surface area contributed by atoms with Crippen molar-refractivity contribution in [1.29, 1.82) is 0 Å². The summed E-state index contributed by atoms with van der Waals surface area (Å²) in [6, 6.07) is 12.8. The second-order valence-electron chi connectivity index (χ2n) is 7.92. The number of esters is 1. The molecule has 0 bridgehead atoms. The summed E-state index contributed by atoms with van der Waals surface area (Å²) >= 11 is 2.68. The van der Waals surface area contributed by atoms with Crippen molar-refractivity contribution in [3.05, 3.63) is 75.0 Å². The van der Waals surface area contributed by atoms with Crippen LogP contribution in [-0.4, -0.2) is 41.2 Å². The molecule has 1 atom stereocenters. The molecule has 8 nitrogen and oxygen atoms in total. The summed E-state index contributed by atoms with van der Waals surface area (Å²) in [6.45, 7) is 0. The van der Waals surface area contributed by atoms with Gasteiger partial charge in [0.25, 0.3) is 5.79 Å². The highest BCUT2D eigenvalue weighted by molar-refractivity contribution is 7.09. The molecule has 0 aliphatic carbocycles. The van der Waals surface area contributed by atoms with Gasteiger partial charge in [-0.15, -0.1) is 11.3 Å². The van der Waals surface area contributed by atoms with E-state index in [0.29, 0.717) is 40.4 Å². The molecule has 35 heavy (non-hydrogen) atoms. The number of fused-ring (bicyclic) bond motifs is 1. The van der Waals surface area contributed by atoms with Crippen molar-refractivity contribution in [3.8, 4) is 17.2 Å². The molecule has 1 aliphatic heterocycles. The third-order valence-corrected chi connectivity index (χ3v) is 7.38. The van der Waals surface area contributed by atoms with Crippen LogP contribution < -0.4 is 14.2 Å². The second kappa shape index (κ2) is 9.29. The van der Waals surface area contributed by atoms with Crippen molar-refractivity contribution < 1.29 is 28.8 Å². The molecule has 0 spiro atoms. The first-order valence-corrected chi connectivity index (χ1v) is 12.3. The zero-order chi connectivity index (χ0) is 24.6. The topological polar surface area (TPSA) is 100 Å². The Kier molecular flexibility index (Phi) is 6.18. The van der Waals surface area contributed by atoms with Crippen LogP contribution in [0.15, 0.2) is 59.0 Å². The molecule has 0 saturated carbocycles. The van der Waals surface area contributed by atoms with E-state index in [9.17, 15) is 9.90 Å². The van der Waals surface area contributed by atoms with Crippen molar-refractivity contribution in [3.63, 3.8) is 0 Å². The quantitative estimate of drug-likeness (QED) is 0.351. The maximum atomic E-state index is 13.1. The van der Waals surface area contributed by atoms with Crippen molar-refractivity contribution >= 4 is 40.1 Å². The fraction of sp³-hybridized carbons (Fsp3) is 0.240. The first-order valence-electron chi connectivity index (χ1n) is 10.7. The average Bonchev–Trinajstić information content (AvgIpc) is 3.60. The molecule has 3 heterocycles. The molecule has 0 fully saturated rings. The molecule has 1 N–H and O–H groups in total. The number of aromatic nitrogens is 2. The van der Waals surface area contributed by atoms with E-state index in [-0.39, 0.29) is 6.42 Å². The largest absolute Gasteiger partial charge is 0.493 e. The zero-order valence-electron chi connectivity index (χ0n) is 19.2. The van der Waals surface area contributed by atoms with E-state index in [2.05, 4.69) is 8.75 Å². The summed E-state index contributed by atoms with van der Waals surface area (Å²) in [5.41, 5.74) is 3.59. The highest BCUT2D eigenvalue weighted by atomic mass is 32.1. The molecule has 10 heteroatoms. The summed E-state index contributed by atoms with van der Waals surface area (Å²) in [5, 5.41) is 13.9. The number of benzene rings is 2. The van der Waals surface area contributed by atoms with E-state index >= 15 is 0 Å². The Morgan fingerprint density at radius 3 is 2.37 bits per heavy atom. The van der Waals surface area contributed by atoms with Gasteiger partial charge in [0.1, 0.15) is 11.0 Å². The van der Waals surface area contributed by atoms with E-state index in [1.165, 1.54) is 32.7 Å². The van der Waals surface area contributed by atoms with Crippen LogP contribution in [0.4, 0.5) is 0 Å². The Morgan fingerprint density at radius 2 is 1.71 bits per heavy atom. The lowest BCUT2D eigenvalue weighted by Crippen LogP contribution is -2.30. The summed E-state index contributed by atoms with van der Waals surface area (Å²) in [6.07, 6.45) is 0.617. The lowest BCUT2D eigenvalue weighted by atomic mass is 9.88. The van der Waals surface area contributed by atoms with Gasteiger partial charge in [-0.1, -0.05) is 12.1 Å². The van der Waals surface area contributed by atoms with Crippen LogP contribution in [0.3, 0.4) is 0 Å². The summed E-state index contributed by atoms with van der Waals surface area (Å²) in [4.78, 5) is 14.1. The monoisotopic (exact) mass is 510 g/mol. The van der Waals surface area contributed by atoms with Crippen LogP contribution in [0.1, 0.15) is 16.0 Å². The first kappa shape index (κ1) is 23.3. The molecule has 1 unspecified atom stereocenters. The van der Waals surface area contributed by atoms with Crippen molar-refractivity contribution in [2.75, 3.05) is 21.3 Å². The van der Waals surface area contributed by atoms with Crippen LogP contribution in [0.5, 0.6) is 17.2 Å². The van der Waals surface area contributed by atoms with Crippen LogP contribution >= 0.6 is 23.1 Å². The minimum absolute atomic E-state index is 0.271. The molecule has 0 amide bonds. The molecule has 2 aromatic heterocycles. The van der Waals surface area contributed by atoms with Gasteiger partial charge in [-0.3, -0.25) is 0 Å². The molecule has 1 aliphatic rings. The van der Waals surface area contributed by atoms with Gasteiger partial charge >= 0.3 is 5.97 Å². The number of carbonyl (C=O) groups is 1. The third-order valence-electron chi connectivity index (χ3n) is 5.95. The first-order chi connectivity index (χ1) is 17.0. The zero-order valence-corrected chi connectivity index (χ0v) is 20.9. The molecule has 0 saturated heterocycles.